The Balaban J connectivity index is 0.000000232. The maximum Gasteiger partial charge on any atom is 0.195 e. The van der Waals surface area contributed by atoms with Gasteiger partial charge in [0.25, 0.3) is 0 Å². The third-order valence-corrected chi connectivity index (χ3v) is 10.6. The SMILES string of the molecule is CC(C)(C)CCC(=O)c1ccc(C#N)cc1.CC(C)(C)CCC1(c2ccc(C#N)cc2)OCCO1.CC(C)(C)CCC1(c2ccc(CN)cc2)OCCO1.N#Cc1ccc(C=O)cc1. The summed E-state index contributed by atoms with van der Waals surface area (Å²) in [6.45, 7) is 22.9. The number of nitriles is 3. The van der Waals surface area contributed by atoms with Gasteiger partial charge >= 0.3 is 0 Å². The van der Waals surface area contributed by atoms with Crippen molar-refractivity contribution in [2.24, 2.45) is 22.0 Å². The van der Waals surface area contributed by atoms with Crippen molar-refractivity contribution in [2.45, 2.75) is 119 Å². The van der Waals surface area contributed by atoms with Crippen LogP contribution in [-0.4, -0.2) is 38.5 Å². The zero-order valence-corrected chi connectivity index (χ0v) is 39.5. The molecular weight excluding hydrogens is 801 g/mol. The number of Topliss-reactive ketones (excluding diaryl/α,β-unsaturated/α-hetero) is 1. The first-order valence-corrected chi connectivity index (χ1v) is 22.0. The van der Waals surface area contributed by atoms with Crippen LogP contribution in [0.1, 0.15) is 155 Å². The number of nitrogens with two attached hydrogens (primary N) is 1. The lowest BCUT2D eigenvalue weighted by atomic mass is 9.86. The van der Waals surface area contributed by atoms with Gasteiger partial charge in [-0.1, -0.05) is 123 Å². The zero-order valence-electron chi connectivity index (χ0n) is 39.5. The fourth-order valence-corrected chi connectivity index (χ4v) is 6.59. The minimum Gasteiger partial charge on any atom is -0.343 e. The number of hydrogen-bond acceptors (Lipinski definition) is 10. The molecule has 2 aliphatic heterocycles. The predicted octanol–water partition coefficient (Wildman–Crippen LogP) is 11.7. The van der Waals surface area contributed by atoms with E-state index in [0.29, 0.717) is 67.2 Å². The third kappa shape index (κ3) is 17.9. The van der Waals surface area contributed by atoms with Crippen LogP contribution in [0.5, 0.6) is 0 Å². The summed E-state index contributed by atoms with van der Waals surface area (Å²) >= 11 is 0. The van der Waals surface area contributed by atoms with E-state index in [1.165, 1.54) is 0 Å². The number of rotatable bonds is 11. The Kier molecular flexibility index (Phi) is 20.2. The molecule has 6 rings (SSSR count). The molecular formula is C54H68N4O6. The van der Waals surface area contributed by atoms with E-state index < -0.39 is 11.6 Å². The molecule has 10 heteroatoms. The number of carbonyl (C=O) groups is 2. The van der Waals surface area contributed by atoms with Crippen LogP contribution in [0.15, 0.2) is 97.1 Å². The quantitative estimate of drug-likeness (QED) is 0.113. The number of hydrogen-bond donors (Lipinski definition) is 1. The summed E-state index contributed by atoms with van der Waals surface area (Å²) in [4.78, 5) is 21.9. The lowest BCUT2D eigenvalue weighted by Gasteiger charge is -2.31. The fraction of sp³-hybridized carbons (Fsp3) is 0.463. The normalized spacial score (nSPS) is 15.0. The van der Waals surface area contributed by atoms with Crippen molar-refractivity contribution in [1.82, 2.24) is 0 Å². The standard InChI is InChI=1S/C16H25NO2.C16H21NO2.C14H17NO.C8H5NO/c2*1-15(2,3)8-9-16(18-10-11-19-16)14-6-4-13(12-17)5-7-14;1-14(2,3)9-8-13(16)12-6-4-11(10-15)5-7-12;9-5-7-1-3-8(6-10)4-2-7/h4-7H,8-12,17H2,1-3H3;4-7H,8-11H2,1-3H3;4-7H,8-9H2,1-3H3;1-4,6H. The Morgan fingerprint density at radius 2 is 0.906 bits per heavy atom. The second kappa shape index (κ2) is 24.5. The molecule has 0 aromatic heterocycles. The molecule has 0 amide bonds. The summed E-state index contributed by atoms with van der Waals surface area (Å²) in [6.07, 6.45) is 6.00. The van der Waals surface area contributed by atoms with Gasteiger partial charge in [-0.3, -0.25) is 9.59 Å². The minimum atomic E-state index is -0.624. The Hall–Kier alpha value is -5.51. The Bertz CT molecular complexity index is 2160. The minimum absolute atomic E-state index is 0.152. The summed E-state index contributed by atoms with van der Waals surface area (Å²) in [5.74, 6) is -1.03. The number of benzene rings is 4. The largest absolute Gasteiger partial charge is 0.343 e. The van der Waals surface area contributed by atoms with Crippen LogP contribution in [0, 0.1) is 50.2 Å². The van der Waals surface area contributed by atoms with E-state index in [4.69, 9.17) is 40.5 Å². The molecule has 0 spiro atoms. The van der Waals surface area contributed by atoms with E-state index in [1.54, 1.807) is 48.5 Å². The van der Waals surface area contributed by atoms with Gasteiger partial charge in [-0.05, 0) is 77.5 Å². The van der Waals surface area contributed by atoms with E-state index in [-0.39, 0.29) is 22.0 Å². The van der Waals surface area contributed by atoms with Crippen molar-refractivity contribution >= 4 is 12.1 Å². The van der Waals surface area contributed by atoms with Crippen molar-refractivity contribution in [2.75, 3.05) is 26.4 Å². The van der Waals surface area contributed by atoms with Crippen molar-refractivity contribution in [3.05, 3.63) is 142 Å². The Morgan fingerprint density at radius 3 is 1.23 bits per heavy atom. The average Bonchev–Trinajstić information content (AvgIpc) is 3.99. The van der Waals surface area contributed by atoms with E-state index in [9.17, 15) is 9.59 Å². The molecule has 0 saturated carbocycles. The van der Waals surface area contributed by atoms with Crippen molar-refractivity contribution in [3.8, 4) is 18.2 Å². The third-order valence-electron chi connectivity index (χ3n) is 10.6. The highest BCUT2D eigenvalue weighted by Gasteiger charge is 2.40. The maximum atomic E-state index is 11.8. The van der Waals surface area contributed by atoms with Gasteiger partial charge in [-0.2, -0.15) is 15.8 Å². The van der Waals surface area contributed by atoms with Gasteiger partial charge < -0.3 is 24.7 Å². The summed E-state index contributed by atoms with van der Waals surface area (Å²) in [7, 11) is 0. The van der Waals surface area contributed by atoms with Crippen LogP contribution < -0.4 is 5.73 Å². The van der Waals surface area contributed by atoms with Crippen LogP contribution in [0.2, 0.25) is 0 Å². The molecule has 10 nitrogen and oxygen atoms in total. The summed E-state index contributed by atoms with van der Waals surface area (Å²) in [5, 5.41) is 25.9. The molecule has 64 heavy (non-hydrogen) atoms. The van der Waals surface area contributed by atoms with E-state index in [0.717, 1.165) is 55.1 Å². The molecule has 2 saturated heterocycles. The summed E-state index contributed by atoms with van der Waals surface area (Å²) in [5.41, 5.74) is 12.7. The molecule has 0 atom stereocenters. The Morgan fingerprint density at radius 1 is 0.562 bits per heavy atom. The van der Waals surface area contributed by atoms with Gasteiger partial charge in [0.1, 0.15) is 6.29 Å². The smallest absolute Gasteiger partial charge is 0.195 e. The summed E-state index contributed by atoms with van der Waals surface area (Å²) < 4.78 is 23.7. The topological polar surface area (TPSA) is 168 Å². The number of ether oxygens (including phenoxy) is 4. The van der Waals surface area contributed by atoms with Crippen LogP contribution in [0.25, 0.3) is 0 Å². The molecule has 4 aromatic rings. The molecule has 0 unspecified atom stereocenters. The van der Waals surface area contributed by atoms with Gasteiger partial charge in [0.2, 0.25) is 0 Å². The number of nitrogens with zero attached hydrogens (tertiary/aromatic N) is 3. The van der Waals surface area contributed by atoms with Crippen molar-refractivity contribution in [1.29, 1.82) is 15.8 Å². The van der Waals surface area contributed by atoms with Gasteiger partial charge in [0.05, 0.1) is 61.3 Å². The monoisotopic (exact) mass is 869 g/mol. The second-order valence-corrected chi connectivity index (χ2v) is 19.6. The first kappa shape index (κ1) is 52.8. The lowest BCUT2D eigenvalue weighted by molar-refractivity contribution is -0.175. The molecule has 0 aliphatic carbocycles. The van der Waals surface area contributed by atoms with Gasteiger partial charge in [0, 0.05) is 48.1 Å². The molecule has 2 heterocycles. The van der Waals surface area contributed by atoms with Gasteiger partial charge in [-0.25, -0.2) is 0 Å². The first-order chi connectivity index (χ1) is 30.2. The molecule has 340 valence electrons. The molecule has 0 radical (unpaired) electrons. The maximum absolute atomic E-state index is 11.8. The van der Waals surface area contributed by atoms with Gasteiger partial charge in [-0.15, -0.1) is 0 Å². The zero-order chi connectivity index (χ0) is 47.4. The van der Waals surface area contributed by atoms with E-state index in [1.807, 2.05) is 36.4 Å². The number of ketones is 1. The molecule has 4 aromatic carbocycles. The van der Waals surface area contributed by atoms with Crippen LogP contribution in [-0.2, 0) is 37.1 Å². The molecule has 2 N–H and O–H groups in total. The number of aldehydes is 1. The predicted molar refractivity (Wildman–Crippen MR) is 251 cm³/mol. The second-order valence-electron chi connectivity index (χ2n) is 19.6. The Labute approximate surface area is 382 Å². The molecule has 2 fully saturated rings. The summed E-state index contributed by atoms with van der Waals surface area (Å²) in [6, 6.07) is 35.2. The van der Waals surface area contributed by atoms with Gasteiger partial charge in [0.15, 0.2) is 17.4 Å². The van der Waals surface area contributed by atoms with Crippen LogP contribution in [0.4, 0.5) is 0 Å². The number of carbonyl (C=O) groups excluding carboxylic acids is 2. The molecule has 2 aliphatic rings. The average molecular weight is 869 g/mol. The highest BCUT2D eigenvalue weighted by atomic mass is 16.7. The lowest BCUT2D eigenvalue weighted by Crippen LogP contribution is -2.29. The first-order valence-electron chi connectivity index (χ1n) is 22.0. The highest BCUT2D eigenvalue weighted by molar-refractivity contribution is 5.96. The van der Waals surface area contributed by atoms with E-state index in [2.05, 4.69) is 92.6 Å². The fourth-order valence-electron chi connectivity index (χ4n) is 6.59. The highest BCUT2D eigenvalue weighted by Crippen LogP contribution is 2.40. The van der Waals surface area contributed by atoms with Crippen LogP contribution in [0.3, 0.4) is 0 Å². The van der Waals surface area contributed by atoms with Crippen molar-refractivity contribution < 1.29 is 28.5 Å². The van der Waals surface area contributed by atoms with Crippen molar-refractivity contribution in [3.63, 3.8) is 0 Å². The van der Waals surface area contributed by atoms with E-state index >= 15 is 0 Å². The van der Waals surface area contributed by atoms with Crippen LogP contribution >= 0.6 is 0 Å². The molecule has 0 bridgehead atoms.